The molecular weight excluding hydrogens is 220 g/mol. The van der Waals surface area contributed by atoms with Crippen LogP contribution in [0.25, 0.3) is 0 Å². The van der Waals surface area contributed by atoms with Crippen molar-refractivity contribution < 1.29 is 14.7 Å². The monoisotopic (exact) mass is 238 g/mol. The minimum atomic E-state index is -0.911. The van der Waals surface area contributed by atoms with Crippen molar-refractivity contribution in [1.82, 2.24) is 10.3 Å². The number of H-pyrrole nitrogens is 1. The molecule has 0 spiro atoms. The largest absolute Gasteiger partial charge is 0.388 e. The van der Waals surface area contributed by atoms with Gasteiger partial charge in [0.1, 0.15) is 5.69 Å². The standard InChI is InChI=1S/C12H18N2O3/c1-4-12(3,17)7-14-11(16)10-5-9(6-13-10)8(2)15/h5-6,13,17H,4,7H2,1-3H3,(H,14,16). The lowest BCUT2D eigenvalue weighted by molar-refractivity contribution is 0.0517. The summed E-state index contributed by atoms with van der Waals surface area (Å²) in [6.45, 7) is 5.11. The highest BCUT2D eigenvalue weighted by Crippen LogP contribution is 2.08. The highest BCUT2D eigenvalue weighted by Gasteiger charge is 2.19. The molecule has 1 heterocycles. The van der Waals surface area contributed by atoms with Gasteiger partial charge in [-0.1, -0.05) is 6.92 Å². The van der Waals surface area contributed by atoms with Gasteiger partial charge in [0.05, 0.1) is 5.60 Å². The molecule has 1 amide bonds. The molecule has 0 radical (unpaired) electrons. The first-order valence-corrected chi connectivity index (χ1v) is 5.55. The van der Waals surface area contributed by atoms with Gasteiger partial charge in [0.2, 0.25) is 0 Å². The van der Waals surface area contributed by atoms with Crippen LogP contribution >= 0.6 is 0 Å². The van der Waals surface area contributed by atoms with Crippen LogP contribution in [0.4, 0.5) is 0 Å². The first kappa shape index (κ1) is 13.4. The van der Waals surface area contributed by atoms with Gasteiger partial charge in [0, 0.05) is 18.3 Å². The molecule has 0 saturated heterocycles. The van der Waals surface area contributed by atoms with Crippen molar-refractivity contribution >= 4 is 11.7 Å². The number of carbonyl (C=O) groups excluding carboxylic acids is 2. The van der Waals surface area contributed by atoms with Crippen molar-refractivity contribution in [2.45, 2.75) is 32.8 Å². The molecule has 17 heavy (non-hydrogen) atoms. The van der Waals surface area contributed by atoms with Crippen molar-refractivity contribution in [3.05, 3.63) is 23.5 Å². The Labute approximate surface area is 100 Å². The average Bonchev–Trinajstić information content (AvgIpc) is 2.75. The Hall–Kier alpha value is -1.62. The second-order valence-corrected chi connectivity index (χ2v) is 4.39. The van der Waals surface area contributed by atoms with Gasteiger partial charge in [-0.25, -0.2) is 0 Å². The Morgan fingerprint density at radius 1 is 1.53 bits per heavy atom. The minimum absolute atomic E-state index is 0.0964. The Kier molecular flexibility index (Phi) is 4.07. The molecule has 1 unspecified atom stereocenters. The van der Waals surface area contributed by atoms with Crippen LogP contribution in [-0.4, -0.2) is 33.9 Å². The van der Waals surface area contributed by atoms with E-state index in [4.69, 9.17) is 0 Å². The first-order valence-electron chi connectivity index (χ1n) is 5.55. The van der Waals surface area contributed by atoms with Gasteiger partial charge in [-0.05, 0) is 26.3 Å². The number of rotatable bonds is 5. The topological polar surface area (TPSA) is 82.2 Å². The number of aliphatic hydroxyl groups is 1. The van der Waals surface area contributed by atoms with Crippen molar-refractivity contribution in [1.29, 1.82) is 0 Å². The Bertz CT molecular complexity index is 421. The quantitative estimate of drug-likeness (QED) is 0.672. The number of hydrogen-bond acceptors (Lipinski definition) is 3. The number of Topliss-reactive ketones (excluding diaryl/α,β-unsaturated/α-hetero) is 1. The summed E-state index contributed by atoms with van der Waals surface area (Å²) in [5.41, 5.74) is -0.120. The minimum Gasteiger partial charge on any atom is -0.388 e. The van der Waals surface area contributed by atoms with Crippen LogP contribution < -0.4 is 5.32 Å². The molecule has 0 aliphatic carbocycles. The maximum Gasteiger partial charge on any atom is 0.267 e. The number of aromatic nitrogens is 1. The molecule has 1 atom stereocenters. The smallest absolute Gasteiger partial charge is 0.267 e. The molecule has 0 fully saturated rings. The lowest BCUT2D eigenvalue weighted by Gasteiger charge is -2.21. The van der Waals surface area contributed by atoms with Crippen LogP contribution in [0.15, 0.2) is 12.3 Å². The fourth-order valence-electron chi connectivity index (χ4n) is 1.22. The first-order chi connectivity index (χ1) is 7.85. The van der Waals surface area contributed by atoms with Crippen molar-refractivity contribution in [2.75, 3.05) is 6.54 Å². The van der Waals surface area contributed by atoms with E-state index in [1.165, 1.54) is 19.2 Å². The zero-order chi connectivity index (χ0) is 13.1. The molecule has 5 heteroatoms. The SMILES string of the molecule is CCC(C)(O)CNC(=O)c1cc(C(C)=O)c[nH]1. The van der Waals surface area contributed by atoms with E-state index < -0.39 is 5.60 Å². The Balaban J connectivity index is 2.61. The van der Waals surface area contributed by atoms with E-state index in [0.29, 0.717) is 17.7 Å². The van der Waals surface area contributed by atoms with E-state index in [1.807, 2.05) is 6.92 Å². The van der Waals surface area contributed by atoms with E-state index in [1.54, 1.807) is 6.92 Å². The summed E-state index contributed by atoms with van der Waals surface area (Å²) in [5.74, 6) is -0.424. The number of ketones is 1. The van der Waals surface area contributed by atoms with Crippen LogP contribution in [0.3, 0.4) is 0 Å². The summed E-state index contributed by atoms with van der Waals surface area (Å²) in [6, 6.07) is 1.50. The zero-order valence-corrected chi connectivity index (χ0v) is 10.3. The fourth-order valence-corrected chi connectivity index (χ4v) is 1.22. The molecular formula is C12H18N2O3. The third-order valence-corrected chi connectivity index (χ3v) is 2.73. The van der Waals surface area contributed by atoms with Crippen LogP contribution in [0, 0.1) is 0 Å². The van der Waals surface area contributed by atoms with Gasteiger partial charge in [0.15, 0.2) is 5.78 Å². The average molecular weight is 238 g/mol. The highest BCUT2D eigenvalue weighted by atomic mass is 16.3. The summed E-state index contributed by atoms with van der Waals surface area (Å²) in [4.78, 5) is 25.5. The molecule has 0 saturated carbocycles. The van der Waals surface area contributed by atoms with E-state index in [2.05, 4.69) is 10.3 Å². The zero-order valence-electron chi connectivity index (χ0n) is 10.3. The predicted molar refractivity (Wildman–Crippen MR) is 64.0 cm³/mol. The summed E-state index contributed by atoms with van der Waals surface area (Å²) in [5, 5.41) is 12.3. The summed E-state index contributed by atoms with van der Waals surface area (Å²) in [7, 11) is 0. The molecule has 1 rings (SSSR count). The van der Waals surface area contributed by atoms with Gasteiger partial charge < -0.3 is 15.4 Å². The van der Waals surface area contributed by atoms with E-state index >= 15 is 0 Å². The molecule has 1 aromatic heterocycles. The third-order valence-electron chi connectivity index (χ3n) is 2.73. The van der Waals surface area contributed by atoms with Gasteiger partial charge in [-0.15, -0.1) is 0 Å². The Morgan fingerprint density at radius 3 is 2.65 bits per heavy atom. The van der Waals surface area contributed by atoms with Crippen LogP contribution in [0.1, 0.15) is 48.0 Å². The molecule has 0 aliphatic heterocycles. The summed E-state index contributed by atoms with van der Waals surface area (Å²) in [6.07, 6.45) is 2.05. The summed E-state index contributed by atoms with van der Waals surface area (Å²) < 4.78 is 0. The van der Waals surface area contributed by atoms with E-state index in [9.17, 15) is 14.7 Å². The third kappa shape index (κ3) is 3.71. The number of aromatic amines is 1. The van der Waals surface area contributed by atoms with Gasteiger partial charge in [0.25, 0.3) is 5.91 Å². The number of nitrogens with one attached hydrogen (secondary N) is 2. The Morgan fingerprint density at radius 2 is 2.18 bits per heavy atom. The molecule has 94 valence electrons. The van der Waals surface area contributed by atoms with Crippen molar-refractivity contribution in [2.24, 2.45) is 0 Å². The molecule has 3 N–H and O–H groups in total. The lowest BCUT2D eigenvalue weighted by atomic mass is 10.0. The second kappa shape index (κ2) is 5.14. The number of carbonyl (C=O) groups is 2. The van der Waals surface area contributed by atoms with Crippen molar-refractivity contribution in [3.8, 4) is 0 Å². The van der Waals surface area contributed by atoms with Crippen LogP contribution in [0.2, 0.25) is 0 Å². The molecule has 0 bridgehead atoms. The summed E-state index contributed by atoms with van der Waals surface area (Å²) >= 11 is 0. The van der Waals surface area contributed by atoms with Crippen LogP contribution in [0.5, 0.6) is 0 Å². The second-order valence-electron chi connectivity index (χ2n) is 4.39. The highest BCUT2D eigenvalue weighted by molar-refractivity contribution is 5.99. The molecule has 1 aromatic rings. The normalized spacial score (nSPS) is 14.1. The number of amides is 1. The van der Waals surface area contributed by atoms with E-state index in [0.717, 1.165) is 0 Å². The lowest BCUT2D eigenvalue weighted by Crippen LogP contribution is -2.40. The predicted octanol–water partition coefficient (Wildman–Crippen LogP) is 1.11. The van der Waals surface area contributed by atoms with E-state index in [-0.39, 0.29) is 18.2 Å². The van der Waals surface area contributed by atoms with Crippen LogP contribution in [-0.2, 0) is 0 Å². The fraction of sp³-hybridized carbons (Fsp3) is 0.500. The maximum atomic E-state index is 11.7. The molecule has 0 aromatic carbocycles. The van der Waals surface area contributed by atoms with Gasteiger partial charge in [-0.3, -0.25) is 9.59 Å². The molecule has 5 nitrogen and oxygen atoms in total. The van der Waals surface area contributed by atoms with Crippen molar-refractivity contribution in [3.63, 3.8) is 0 Å². The van der Waals surface area contributed by atoms with Gasteiger partial charge in [-0.2, -0.15) is 0 Å². The molecule has 0 aliphatic rings. The maximum absolute atomic E-state index is 11.7. The number of hydrogen-bond donors (Lipinski definition) is 3. The van der Waals surface area contributed by atoms with Gasteiger partial charge >= 0.3 is 0 Å².